The second-order valence-corrected chi connectivity index (χ2v) is 7.18. The van der Waals surface area contributed by atoms with Gasteiger partial charge in [-0.3, -0.25) is 4.79 Å². The maximum Gasteiger partial charge on any atom is 0.234 e. The van der Waals surface area contributed by atoms with Crippen LogP contribution in [0.25, 0.3) is 11.4 Å². The number of halogens is 1. The first-order valence-electron chi connectivity index (χ1n) is 8.44. The van der Waals surface area contributed by atoms with E-state index < -0.39 is 5.82 Å². The summed E-state index contributed by atoms with van der Waals surface area (Å²) >= 11 is 1.14. The Morgan fingerprint density at radius 3 is 2.63 bits per heavy atom. The lowest BCUT2D eigenvalue weighted by molar-refractivity contribution is -0.113. The fraction of sp³-hybridized carbons (Fsp3) is 0.211. The Balaban J connectivity index is 1.68. The van der Waals surface area contributed by atoms with Crippen molar-refractivity contribution in [1.29, 1.82) is 0 Å². The van der Waals surface area contributed by atoms with Crippen molar-refractivity contribution in [3.63, 3.8) is 0 Å². The summed E-state index contributed by atoms with van der Waals surface area (Å²) in [5, 5.41) is 11.1. The predicted octanol–water partition coefficient (Wildman–Crippen LogP) is 3.65. The molecule has 1 heterocycles. The number of amides is 1. The van der Waals surface area contributed by atoms with Crippen molar-refractivity contribution in [2.45, 2.75) is 24.9 Å². The molecule has 27 heavy (non-hydrogen) atoms. The summed E-state index contributed by atoms with van der Waals surface area (Å²) < 4.78 is 15.1. The number of para-hydroxylation sites is 1. The molecule has 6 nitrogen and oxygen atoms in total. The minimum Gasteiger partial charge on any atom is -0.335 e. The number of carbonyl (C=O) groups is 1. The van der Waals surface area contributed by atoms with Crippen molar-refractivity contribution in [1.82, 2.24) is 14.9 Å². The molecule has 1 aromatic heterocycles. The molecule has 0 radical (unpaired) electrons. The number of nitrogen functional groups attached to an aromatic ring is 1. The second kappa shape index (κ2) is 8.22. The average molecular weight is 385 g/mol. The second-order valence-electron chi connectivity index (χ2n) is 6.23. The van der Waals surface area contributed by atoms with E-state index in [1.165, 1.54) is 10.7 Å². The van der Waals surface area contributed by atoms with Crippen LogP contribution >= 0.6 is 11.8 Å². The van der Waals surface area contributed by atoms with Crippen LogP contribution in [0.2, 0.25) is 0 Å². The molecule has 0 saturated carbocycles. The Bertz CT molecular complexity index is 957. The topological polar surface area (TPSA) is 85.8 Å². The van der Waals surface area contributed by atoms with Gasteiger partial charge in [0.1, 0.15) is 5.82 Å². The van der Waals surface area contributed by atoms with Crippen LogP contribution in [0.5, 0.6) is 0 Å². The van der Waals surface area contributed by atoms with E-state index in [1.54, 1.807) is 18.2 Å². The molecule has 3 N–H and O–H groups in total. The molecule has 2 aromatic carbocycles. The van der Waals surface area contributed by atoms with Crippen LogP contribution in [0.4, 0.5) is 10.1 Å². The Kier molecular flexibility index (Phi) is 5.75. The van der Waals surface area contributed by atoms with Crippen molar-refractivity contribution >= 4 is 23.4 Å². The lowest BCUT2D eigenvalue weighted by Crippen LogP contribution is -2.17. The number of nitrogens with two attached hydrogens (primary N) is 1. The van der Waals surface area contributed by atoms with Crippen molar-refractivity contribution in [2.75, 3.05) is 16.9 Å². The Morgan fingerprint density at radius 2 is 1.89 bits per heavy atom. The minimum absolute atomic E-state index is 0.110. The van der Waals surface area contributed by atoms with Crippen LogP contribution in [0.15, 0.2) is 53.7 Å². The molecule has 0 aliphatic rings. The molecule has 0 atom stereocenters. The molecule has 3 aromatic rings. The minimum atomic E-state index is -0.434. The first-order valence-corrected chi connectivity index (χ1v) is 9.43. The third-order valence-electron chi connectivity index (χ3n) is 3.97. The molecular weight excluding hydrogens is 365 g/mol. The van der Waals surface area contributed by atoms with E-state index in [0.29, 0.717) is 11.1 Å². The highest BCUT2D eigenvalue weighted by molar-refractivity contribution is 7.99. The van der Waals surface area contributed by atoms with Gasteiger partial charge in [0.05, 0.1) is 11.3 Å². The van der Waals surface area contributed by atoms with Crippen molar-refractivity contribution < 1.29 is 9.18 Å². The maximum atomic E-state index is 13.9. The number of hydrogen-bond acceptors (Lipinski definition) is 5. The monoisotopic (exact) mass is 385 g/mol. The van der Waals surface area contributed by atoms with Crippen molar-refractivity contribution in [2.24, 2.45) is 0 Å². The largest absolute Gasteiger partial charge is 0.335 e. The van der Waals surface area contributed by atoms with Gasteiger partial charge in [0.2, 0.25) is 11.1 Å². The van der Waals surface area contributed by atoms with Gasteiger partial charge in [-0.15, -0.1) is 10.2 Å². The summed E-state index contributed by atoms with van der Waals surface area (Å²) in [7, 11) is 0. The number of nitrogens with zero attached hydrogens (tertiary/aromatic N) is 3. The molecule has 0 aliphatic carbocycles. The zero-order valence-electron chi connectivity index (χ0n) is 15.0. The molecule has 0 bridgehead atoms. The summed E-state index contributed by atoms with van der Waals surface area (Å²) in [6.07, 6.45) is 0. The van der Waals surface area contributed by atoms with Crippen molar-refractivity contribution in [3.05, 3.63) is 59.9 Å². The van der Waals surface area contributed by atoms with Crippen molar-refractivity contribution in [3.8, 4) is 11.4 Å². The molecule has 0 fully saturated rings. The molecule has 1 amide bonds. The van der Waals surface area contributed by atoms with Gasteiger partial charge < -0.3 is 11.2 Å². The molecule has 0 saturated heterocycles. The third-order valence-corrected chi connectivity index (χ3v) is 4.91. The van der Waals surface area contributed by atoms with Gasteiger partial charge in [-0.05, 0) is 29.7 Å². The normalized spacial score (nSPS) is 11.0. The van der Waals surface area contributed by atoms with E-state index in [2.05, 4.69) is 29.4 Å². The predicted molar refractivity (Wildman–Crippen MR) is 105 cm³/mol. The van der Waals surface area contributed by atoms with Crippen LogP contribution in [0, 0.1) is 5.82 Å². The zero-order chi connectivity index (χ0) is 19.4. The summed E-state index contributed by atoms with van der Waals surface area (Å²) in [4.78, 5) is 12.3. The Labute approximate surface area is 161 Å². The summed E-state index contributed by atoms with van der Waals surface area (Å²) in [5.41, 5.74) is 2.12. The first kappa shape index (κ1) is 18.9. The lowest BCUT2D eigenvalue weighted by atomic mass is 10.0. The van der Waals surface area contributed by atoms with E-state index in [9.17, 15) is 9.18 Å². The standard InChI is InChI=1S/C19H20FN5OS/c1-12(2)13-7-4-6-10-16(13)22-17(26)11-27-19-24-23-18(25(19)21)14-8-3-5-9-15(14)20/h3-10,12H,11,21H2,1-2H3,(H,22,26). The first-order chi connectivity index (χ1) is 13.0. The van der Waals surface area contributed by atoms with Gasteiger partial charge in [-0.1, -0.05) is 55.9 Å². The van der Waals surface area contributed by atoms with Crippen LogP contribution in [0.1, 0.15) is 25.3 Å². The van der Waals surface area contributed by atoms with E-state index in [4.69, 9.17) is 5.84 Å². The molecule has 8 heteroatoms. The molecular formula is C19H20FN5OS. The summed E-state index contributed by atoms with van der Waals surface area (Å²) in [5.74, 6) is 5.98. The highest BCUT2D eigenvalue weighted by atomic mass is 32.2. The fourth-order valence-electron chi connectivity index (χ4n) is 2.63. The maximum absolute atomic E-state index is 13.9. The average Bonchev–Trinajstić information content (AvgIpc) is 3.01. The fourth-order valence-corrected chi connectivity index (χ4v) is 3.29. The quantitative estimate of drug-likeness (QED) is 0.500. The molecule has 0 spiro atoms. The van der Waals surface area contributed by atoms with Crippen LogP contribution in [-0.2, 0) is 4.79 Å². The van der Waals surface area contributed by atoms with Gasteiger partial charge in [-0.2, -0.15) is 0 Å². The zero-order valence-corrected chi connectivity index (χ0v) is 15.8. The number of thioether (sulfide) groups is 1. The number of benzene rings is 2. The number of rotatable bonds is 6. The number of anilines is 1. The number of carbonyl (C=O) groups excluding carboxylic acids is 1. The number of hydrogen-bond donors (Lipinski definition) is 2. The number of aromatic nitrogens is 3. The van der Waals surface area contributed by atoms with E-state index >= 15 is 0 Å². The van der Waals surface area contributed by atoms with E-state index in [-0.39, 0.29) is 23.0 Å². The highest BCUT2D eigenvalue weighted by Crippen LogP contribution is 2.25. The smallest absolute Gasteiger partial charge is 0.234 e. The Morgan fingerprint density at radius 1 is 1.19 bits per heavy atom. The van der Waals surface area contributed by atoms with Crippen LogP contribution in [-0.4, -0.2) is 26.5 Å². The van der Waals surface area contributed by atoms with Crippen LogP contribution in [0.3, 0.4) is 0 Å². The van der Waals surface area contributed by atoms with Gasteiger partial charge >= 0.3 is 0 Å². The highest BCUT2D eigenvalue weighted by Gasteiger charge is 2.17. The molecule has 0 unspecified atom stereocenters. The van der Waals surface area contributed by atoms with Gasteiger partial charge in [0.25, 0.3) is 0 Å². The lowest BCUT2D eigenvalue weighted by Gasteiger charge is -2.13. The van der Waals surface area contributed by atoms with E-state index in [1.807, 2.05) is 24.3 Å². The summed E-state index contributed by atoms with van der Waals surface area (Å²) in [6, 6.07) is 13.9. The Hall–Kier alpha value is -2.87. The SMILES string of the molecule is CC(C)c1ccccc1NC(=O)CSc1nnc(-c2ccccc2F)n1N. The van der Waals surface area contributed by atoms with E-state index in [0.717, 1.165) is 23.0 Å². The molecule has 140 valence electrons. The molecule has 3 rings (SSSR count). The van der Waals surface area contributed by atoms with Crippen LogP contribution < -0.4 is 11.2 Å². The van der Waals surface area contributed by atoms with Gasteiger partial charge in [0.15, 0.2) is 5.82 Å². The van der Waals surface area contributed by atoms with Gasteiger partial charge in [0, 0.05) is 5.69 Å². The van der Waals surface area contributed by atoms with Gasteiger partial charge in [-0.25, -0.2) is 9.07 Å². The third kappa shape index (κ3) is 4.28. The summed E-state index contributed by atoms with van der Waals surface area (Å²) in [6.45, 7) is 4.14. The number of nitrogens with one attached hydrogen (secondary N) is 1. The molecule has 0 aliphatic heterocycles.